The van der Waals surface area contributed by atoms with Gasteiger partial charge in [-0.1, -0.05) is 12.1 Å². The van der Waals surface area contributed by atoms with Gasteiger partial charge in [0.2, 0.25) is 0 Å². The number of pyridine rings is 1. The van der Waals surface area contributed by atoms with Crippen molar-refractivity contribution in [1.29, 1.82) is 0 Å². The van der Waals surface area contributed by atoms with Crippen LogP contribution in [-0.4, -0.2) is 38.3 Å². The maximum atomic E-state index is 12.8. The third-order valence-corrected chi connectivity index (χ3v) is 6.33. The second-order valence-electron chi connectivity index (χ2n) is 8.60. The molecule has 0 spiro atoms. The van der Waals surface area contributed by atoms with Crippen molar-refractivity contribution in [2.45, 2.75) is 25.7 Å². The molecular weight excluding hydrogens is 475 g/mol. The van der Waals surface area contributed by atoms with Crippen LogP contribution in [0.15, 0.2) is 71.7 Å². The number of carbonyl (C=O) groups is 1. The summed E-state index contributed by atoms with van der Waals surface area (Å²) in [6.07, 6.45) is -3.11. The Hall–Kier alpha value is -4.21. The quantitative estimate of drug-likeness (QED) is 0.434. The molecule has 3 heterocycles. The monoisotopic (exact) mass is 497 g/mol. The van der Waals surface area contributed by atoms with E-state index in [0.29, 0.717) is 43.1 Å². The van der Waals surface area contributed by atoms with E-state index in [9.17, 15) is 27.9 Å². The third kappa shape index (κ3) is 4.66. The first-order chi connectivity index (χ1) is 17.2. The molecule has 7 nitrogen and oxygen atoms in total. The lowest BCUT2D eigenvalue weighted by Crippen LogP contribution is -2.32. The van der Waals surface area contributed by atoms with E-state index >= 15 is 0 Å². The maximum Gasteiger partial charge on any atom is 0.416 e. The third-order valence-electron chi connectivity index (χ3n) is 6.33. The molecule has 2 aromatic carbocycles. The van der Waals surface area contributed by atoms with Crippen LogP contribution < -0.4 is 10.3 Å². The van der Waals surface area contributed by atoms with Crippen molar-refractivity contribution in [3.05, 3.63) is 94.0 Å². The van der Waals surface area contributed by atoms with Gasteiger partial charge in [0.15, 0.2) is 0 Å². The van der Waals surface area contributed by atoms with E-state index in [2.05, 4.69) is 4.57 Å². The first-order valence-electron chi connectivity index (χ1n) is 11.3. The summed E-state index contributed by atoms with van der Waals surface area (Å²) in [7, 11) is 0. The first-order valence-corrected chi connectivity index (χ1v) is 11.3. The number of benzene rings is 2. The summed E-state index contributed by atoms with van der Waals surface area (Å²) in [6.45, 7) is 1.45. The summed E-state index contributed by atoms with van der Waals surface area (Å²) in [5.41, 5.74) is 2.22. The molecule has 0 saturated heterocycles. The van der Waals surface area contributed by atoms with Gasteiger partial charge in [-0.05, 0) is 48.0 Å². The number of amides is 1. The molecule has 0 atom stereocenters. The van der Waals surface area contributed by atoms with Crippen LogP contribution in [0.4, 0.5) is 18.0 Å². The summed E-state index contributed by atoms with van der Waals surface area (Å²) in [5, 5.41) is 10.2. The molecule has 1 N–H and O–H groups in total. The summed E-state index contributed by atoms with van der Waals surface area (Å²) in [5.74, 6) is 0.316. The molecule has 1 aliphatic heterocycles. The summed E-state index contributed by atoms with van der Waals surface area (Å²) in [6, 6.07) is 15.3. The fraction of sp³-hybridized carbons (Fsp3) is 0.231. The Morgan fingerprint density at radius 3 is 2.44 bits per heavy atom. The van der Waals surface area contributed by atoms with E-state index < -0.39 is 17.8 Å². The van der Waals surface area contributed by atoms with Crippen molar-refractivity contribution in [1.82, 2.24) is 14.0 Å². The van der Waals surface area contributed by atoms with Crippen LogP contribution >= 0.6 is 0 Å². The minimum atomic E-state index is -4.39. The molecule has 0 fully saturated rings. The Kier molecular flexibility index (Phi) is 5.95. The van der Waals surface area contributed by atoms with Crippen LogP contribution in [0.5, 0.6) is 5.75 Å². The fourth-order valence-electron chi connectivity index (χ4n) is 4.43. The number of carboxylic acid groups (broad SMARTS) is 1. The highest BCUT2D eigenvalue weighted by molar-refractivity contribution is 5.83. The molecule has 0 unspecified atom stereocenters. The van der Waals surface area contributed by atoms with Crippen molar-refractivity contribution in [2.75, 3.05) is 13.1 Å². The SMILES string of the molecule is O=C(O)N1CCc2cc3cc(-n4ccc(OCc5ccc(C(F)(F)F)cc5)cc4=O)ccc3n2CC1. The number of rotatable bonds is 4. The smallest absolute Gasteiger partial charge is 0.416 e. The van der Waals surface area contributed by atoms with Crippen molar-refractivity contribution in [2.24, 2.45) is 0 Å². The first kappa shape index (κ1) is 23.5. The molecule has 10 heteroatoms. The molecule has 1 amide bonds. The minimum Gasteiger partial charge on any atom is -0.489 e. The van der Waals surface area contributed by atoms with Crippen molar-refractivity contribution < 1.29 is 27.8 Å². The zero-order valence-corrected chi connectivity index (χ0v) is 19.0. The van der Waals surface area contributed by atoms with Gasteiger partial charge in [0.25, 0.3) is 5.56 Å². The Morgan fingerprint density at radius 2 is 1.75 bits per heavy atom. The lowest BCUT2D eigenvalue weighted by atomic mass is 10.1. The molecule has 186 valence electrons. The van der Waals surface area contributed by atoms with E-state index in [1.165, 1.54) is 27.7 Å². The lowest BCUT2D eigenvalue weighted by Gasteiger charge is -2.15. The summed E-state index contributed by atoms with van der Waals surface area (Å²) in [4.78, 5) is 25.5. The molecule has 4 aromatic rings. The molecule has 0 aliphatic carbocycles. The standard InChI is InChI=1S/C26H22F3N3O4/c27-26(28,29)19-3-1-17(2-4-19)16-36-22-8-10-32(24(33)15-22)20-5-6-23-18(13-20)14-21-7-9-30(25(34)35)11-12-31(21)23/h1-6,8,10,13-15H,7,9,11-12,16H2,(H,34,35). The number of fused-ring (bicyclic) bond motifs is 3. The number of hydrogen-bond acceptors (Lipinski definition) is 3. The van der Waals surface area contributed by atoms with Gasteiger partial charge >= 0.3 is 12.3 Å². The number of hydrogen-bond donors (Lipinski definition) is 1. The second kappa shape index (κ2) is 9.10. The summed E-state index contributed by atoms with van der Waals surface area (Å²) >= 11 is 0. The highest BCUT2D eigenvalue weighted by Crippen LogP contribution is 2.29. The highest BCUT2D eigenvalue weighted by Gasteiger charge is 2.29. The fourth-order valence-corrected chi connectivity index (χ4v) is 4.43. The number of nitrogens with zero attached hydrogens (tertiary/aromatic N) is 3. The van der Waals surface area contributed by atoms with Crippen LogP contribution in [0.3, 0.4) is 0 Å². The molecule has 0 bridgehead atoms. The Balaban J connectivity index is 1.32. The number of ether oxygens (including phenoxy) is 1. The van der Waals surface area contributed by atoms with Crippen LogP contribution in [0, 0.1) is 0 Å². The van der Waals surface area contributed by atoms with E-state index in [-0.39, 0.29) is 12.2 Å². The highest BCUT2D eigenvalue weighted by atomic mass is 19.4. The lowest BCUT2D eigenvalue weighted by molar-refractivity contribution is -0.137. The van der Waals surface area contributed by atoms with E-state index in [0.717, 1.165) is 28.7 Å². The number of halogens is 3. The predicted octanol–water partition coefficient (Wildman–Crippen LogP) is 4.93. The average molecular weight is 497 g/mol. The molecular formula is C26H22F3N3O4. The Bertz CT molecular complexity index is 1490. The number of alkyl halides is 3. The van der Waals surface area contributed by atoms with Gasteiger partial charge in [0, 0.05) is 60.6 Å². The predicted molar refractivity (Wildman–Crippen MR) is 127 cm³/mol. The van der Waals surface area contributed by atoms with Crippen LogP contribution in [0.25, 0.3) is 16.6 Å². The molecule has 1 aliphatic rings. The average Bonchev–Trinajstić information content (AvgIpc) is 3.04. The van der Waals surface area contributed by atoms with Crippen LogP contribution in [-0.2, 0) is 25.7 Å². The minimum absolute atomic E-state index is 0.0309. The maximum absolute atomic E-state index is 12.8. The largest absolute Gasteiger partial charge is 0.489 e. The normalized spacial score (nSPS) is 13.9. The van der Waals surface area contributed by atoms with E-state index in [1.807, 2.05) is 24.3 Å². The van der Waals surface area contributed by atoms with Gasteiger partial charge in [0.1, 0.15) is 12.4 Å². The summed E-state index contributed by atoms with van der Waals surface area (Å²) < 4.78 is 47.3. The molecule has 0 saturated carbocycles. The van der Waals surface area contributed by atoms with Gasteiger partial charge < -0.3 is 19.3 Å². The molecule has 5 rings (SSSR count). The van der Waals surface area contributed by atoms with Crippen molar-refractivity contribution in [3.63, 3.8) is 0 Å². The second-order valence-corrected chi connectivity index (χ2v) is 8.60. The van der Waals surface area contributed by atoms with Crippen LogP contribution in [0.2, 0.25) is 0 Å². The van der Waals surface area contributed by atoms with Crippen LogP contribution in [0.1, 0.15) is 16.8 Å². The molecule has 36 heavy (non-hydrogen) atoms. The topological polar surface area (TPSA) is 76.7 Å². The van der Waals surface area contributed by atoms with Gasteiger partial charge in [-0.15, -0.1) is 0 Å². The Morgan fingerprint density at radius 1 is 0.972 bits per heavy atom. The van der Waals surface area contributed by atoms with E-state index in [4.69, 9.17) is 4.74 Å². The van der Waals surface area contributed by atoms with Gasteiger partial charge in [-0.3, -0.25) is 9.36 Å². The van der Waals surface area contributed by atoms with E-state index in [1.54, 1.807) is 12.3 Å². The van der Waals surface area contributed by atoms with Crippen molar-refractivity contribution >= 4 is 17.0 Å². The molecule has 0 radical (unpaired) electrons. The Labute approximate surface area is 203 Å². The number of aromatic nitrogens is 2. The molecule has 2 aromatic heterocycles. The van der Waals surface area contributed by atoms with Gasteiger partial charge in [-0.25, -0.2) is 4.79 Å². The van der Waals surface area contributed by atoms with Gasteiger partial charge in [0.05, 0.1) is 5.56 Å². The zero-order chi connectivity index (χ0) is 25.4. The zero-order valence-electron chi connectivity index (χ0n) is 19.0. The van der Waals surface area contributed by atoms with Gasteiger partial charge in [-0.2, -0.15) is 13.2 Å². The van der Waals surface area contributed by atoms with Crippen molar-refractivity contribution in [3.8, 4) is 11.4 Å².